The minimum atomic E-state index is -0.594. The van der Waals surface area contributed by atoms with E-state index in [2.05, 4.69) is 10.4 Å². The zero-order valence-electron chi connectivity index (χ0n) is 12.3. The van der Waals surface area contributed by atoms with Crippen molar-refractivity contribution in [2.45, 2.75) is 12.6 Å². The van der Waals surface area contributed by atoms with E-state index in [-0.39, 0.29) is 6.61 Å². The molecule has 0 bridgehead atoms. The maximum absolute atomic E-state index is 9.92. The maximum Gasteiger partial charge on any atom is 0.161 e. The minimum Gasteiger partial charge on any atom is -0.493 e. The highest BCUT2D eigenvalue weighted by Gasteiger charge is 2.08. The van der Waals surface area contributed by atoms with Crippen LogP contribution in [0.3, 0.4) is 0 Å². The second-order valence-corrected chi connectivity index (χ2v) is 4.69. The third-order valence-electron chi connectivity index (χ3n) is 3.11. The van der Waals surface area contributed by atoms with E-state index in [1.165, 1.54) is 0 Å². The molecule has 6 nitrogen and oxygen atoms in total. The van der Waals surface area contributed by atoms with Gasteiger partial charge in [0.25, 0.3) is 0 Å². The Kier molecular flexibility index (Phi) is 5.59. The van der Waals surface area contributed by atoms with Gasteiger partial charge in [0.1, 0.15) is 12.7 Å². The summed E-state index contributed by atoms with van der Waals surface area (Å²) in [6.45, 7) is 1.31. The highest BCUT2D eigenvalue weighted by atomic mass is 16.5. The summed E-state index contributed by atoms with van der Waals surface area (Å²) in [7, 11) is 3.48. The van der Waals surface area contributed by atoms with Crippen molar-refractivity contribution < 1.29 is 14.6 Å². The van der Waals surface area contributed by atoms with Gasteiger partial charge in [0, 0.05) is 26.3 Å². The number of hydrogen-bond donors (Lipinski definition) is 2. The number of aliphatic hydroxyl groups excluding tert-OH is 1. The van der Waals surface area contributed by atoms with Crippen LogP contribution >= 0.6 is 0 Å². The summed E-state index contributed by atoms with van der Waals surface area (Å²) < 4.78 is 12.6. The number of hydrogen-bond acceptors (Lipinski definition) is 5. The topological polar surface area (TPSA) is 68.5 Å². The highest BCUT2D eigenvalue weighted by molar-refractivity contribution is 5.39. The molecular weight excluding hydrogens is 270 g/mol. The third-order valence-corrected chi connectivity index (χ3v) is 3.11. The van der Waals surface area contributed by atoms with E-state index < -0.39 is 6.10 Å². The van der Waals surface area contributed by atoms with Crippen molar-refractivity contribution in [2.24, 2.45) is 7.05 Å². The van der Waals surface area contributed by atoms with Gasteiger partial charge in [-0.05, 0) is 18.2 Å². The van der Waals surface area contributed by atoms with E-state index in [0.29, 0.717) is 24.6 Å². The first kappa shape index (κ1) is 15.3. The fourth-order valence-electron chi connectivity index (χ4n) is 1.92. The van der Waals surface area contributed by atoms with Gasteiger partial charge in [-0.1, -0.05) is 12.1 Å². The summed E-state index contributed by atoms with van der Waals surface area (Å²) in [5, 5.41) is 17.2. The molecule has 1 heterocycles. The number of benzene rings is 1. The summed E-state index contributed by atoms with van der Waals surface area (Å²) in [5.74, 6) is 1.29. The minimum absolute atomic E-state index is 0.207. The second kappa shape index (κ2) is 7.66. The normalized spacial score (nSPS) is 12.1. The lowest BCUT2D eigenvalue weighted by Gasteiger charge is -2.15. The van der Waals surface area contributed by atoms with E-state index in [9.17, 15) is 5.11 Å². The van der Waals surface area contributed by atoms with Crippen molar-refractivity contribution in [2.75, 3.05) is 20.3 Å². The number of aryl methyl sites for hydroxylation is 1. The van der Waals surface area contributed by atoms with Crippen LogP contribution in [0.2, 0.25) is 0 Å². The maximum atomic E-state index is 9.92. The molecule has 0 saturated carbocycles. The SMILES string of the molecule is COc1ccccc1OCC(O)CNCc1ccnn1C. The molecule has 2 N–H and O–H groups in total. The van der Waals surface area contributed by atoms with Crippen LogP contribution in [0.4, 0.5) is 0 Å². The molecule has 1 aromatic heterocycles. The molecule has 6 heteroatoms. The number of nitrogens with zero attached hydrogens (tertiary/aromatic N) is 2. The Bertz CT molecular complexity index is 557. The average Bonchev–Trinajstić information content (AvgIpc) is 2.91. The first-order chi connectivity index (χ1) is 10.2. The van der Waals surface area contributed by atoms with Crippen molar-refractivity contribution in [1.82, 2.24) is 15.1 Å². The molecular formula is C15H21N3O3. The van der Waals surface area contributed by atoms with Crippen LogP contribution in [0.1, 0.15) is 5.69 Å². The predicted molar refractivity (Wildman–Crippen MR) is 79.4 cm³/mol. The fraction of sp³-hybridized carbons (Fsp3) is 0.400. The van der Waals surface area contributed by atoms with Crippen LogP contribution in [-0.2, 0) is 13.6 Å². The first-order valence-electron chi connectivity index (χ1n) is 6.82. The molecule has 0 radical (unpaired) electrons. The summed E-state index contributed by atoms with van der Waals surface area (Å²) in [4.78, 5) is 0. The molecule has 0 spiro atoms. The fourth-order valence-corrected chi connectivity index (χ4v) is 1.92. The standard InChI is InChI=1S/C15H21N3O3/c1-18-12(7-8-17-18)9-16-10-13(19)11-21-15-6-4-3-5-14(15)20-2/h3-8,13,16,19H,9-11H2,1-2H3. The summed E-state index contributed by atoms with van der Waals surface area (Å²) in [6, 6.07) is 9.31. The Morgan fingerprint density at radius 2 is 2.05 bits per heavy atom. The number of methoxy groups -OCH3 is 1. The summed E-state index contributed by atoms with van der Waals surface area (Å²) >= 11 is 0. The van der Waals surface area contributed by atoms with Crippen LogP contribution < -0.4 is 14.8 Å². The van der Waals surface area contributed by atoms with Gasteiger partial charge < -0.3 is 19.9 Å². The van der Waals surface area contributed by atoms with Gasteiger partial charge in [-0.15, -0.1) is 0 Å². The lowest BCUT2D eigenvalue weighted by atomic mass is 10.3. The molecule has 21 heavy (non-hydrogen) atoms. The van der Waals surface area contributed by atoms with E-state index >= 15 is 0 Å². The predicted octanol–water partition coefficient (Wildman–Crippen LogP) is 0.958. The van der Waals surface area contributed by atoms with Crippen molar-refractivity contribution in [3.63, 3.8) is 0 Å². The van der Waals surface area contributed by atoms with E-state index in [0.717, 1.165) is 5.69 Å². The van der Waals surface area contributed by atoms with Crippen molar-refractivity contribution in [1.29, 1.82) is 0 Å². The molecule has 1 atom stereocenters. The number of para-hydroxylation sites is 2. The lowest BCUT2D eigenvalue weighted by Crippen LogP contribution is -2.31. The molecule has 2 aromatic rings. The first-order valence-corrected chi connectivity index (χ1v) is 6.82. The molecule has 0 aliphatic carbocycles. The van der Waals surface area contributed by atoms with E-state index in [1.807, 2.05) is 37.4 Å². The van der Waals surface area contributed by atoms with Crippen molar-refractivity contribution in [3.05, 3.63) is 42.2 Å². The molecule has 0 aliphatic heterocycles. The number of aromatic nitrogens is 2. The van der Waals surface area contributed by atoms with Crippen molar-refractivity contribution in [3.8, 4) is 11.5 Å². The Balaban J connectivity index is 1.72. The monoisotopic (exact) mass is 291 g/mol. The van der Waals surface area contributed by atoms with Crippen molar-refractivity contribution >= 4 is 0 Å². The largest absolute Gasteiger partial charge is 0.493 e. The van der Waals surface area contributed by atoms with Gasteiger partial charge in [-0.3, -0.25) is 4.68 Å². The van der Waals surface area contributed by atoms with Crippen LogP contribution in [0, 0.1) is 0 Å². The quantitative estimate of drug-likeness (QED) is 0.758. The molecule has 0 amide bonds. The van der Waals surface area contributed by atoms with Gasteiger partial charge in [-0.2, -0.15) is 5.10 Å². The molecule has 0 saturated heterocycles. The van der Waals surface area contributed by atoms with Crippen LogP contribution in [0.15, 0.2) is 36.5 Å². The van der Waals surface area contributed by atoms with E-state index in [1.54, 1.807) is 18.0 Å². The number of rotatable bonds is 8. The zero-order valence-corrected chi connectivity index (χ0v) is 12.3. The number of aliphatic hydroxyl groups is 1. The lowest BCUT2D eigenvalue weighted by molar-refractivity contribution is 0.104. The Hall–Kier alpha value is -2.05. The molecule has 1 aromatic carbocycles. The van der Waals surface area contributed by atoms with Gasteiger partial charge in [0.05, 0.1) is 12.8 Å². The van der Waals surface area contributed by atoms with Crippen LogP contribution in [-0.4, -0.2) is 41.3 Å². The molecule has 2 rings (SSSR count). The highest BCUT2D eigenvalue weighted by Crippen LogP contribution is 2.25. The second-order valence-electron chi connectivity index (χ2n) is 4.69. The Morgan fingerprint density at radius 3 is 2.71 bits per heavy atom. The average molecular weight is 291 g/mol. The van der Waals surface area contributed by atoms with Crippen LogP contribution in [0.5, 0.6) is 11.5 Å². The number of ether oxygens (including phenoxy) is 2. The molecule has 0 aliphatic rings. The zero-order chi connectivity index (χ0) is 15.1. The smallest absolute Gasteiger partial charge is 0.161 e. The van der Waals surface area contributed by atoms with E-state index in [4.69, 9.17) is 9.47 Å². The van der Waals surface area contributed by atoms with Gasteiger partial charge in [-0.25, -0.2) is 0 Å². The van der Waals surface area contributed by atoms with Gasteiger partial charge in [0.2, 0.25) is 0 Å². The number of nitrogens with one attached hydrogen (secondary N) is 1. The van der Waals surface area contributed by atoms with Gasteiger partial charge in [0.15, 0.2) is 11.5 Å². The molecule has 0 fully saturated rings. The summed E-state index contributed by atoms with van der Waals surface area (Å²) in [6.07, 6.45) is 1.15. The van der Waals surface area contributed by atoms with Crippen LogP contribution in [0.25, 0.3) is 0 Å². The molecule has 114 valence electrons. The summed E-state index contributed by atoms with van der Waals surface area (Å²) in [5.41, 5.74) is 1.06. The third kappa shape index (κ3) is 4.47. The Morgan fingerprint density at radius 1 is 1.29 bits per heavy atom. The Labute approximate surface area is 124 Å². The molecule has 1 unspecified atom stereocenters. The van der Waals surface area contributed by atoms with Gasteiger partial charge >= 0.3 is 0 Å².